The minimum absolute atomic E-state index is 0.657. The molecule has 0 saturated carbocycles. The van der Waals surface area contributed by atoms with E-state index in [-0.39, 0.29) is 0 Å². The Morgan fingerprint density at radius 2 is 1.47 bits per heavy atom. The molecule has 1 aliphatic rings. The number of nitrogens with zero attached hydrogens (tertiary/aromatic N) is 2. The van der Waals surface area contributed by atoms with Crippen LogP contribution in [0.4, 0.5) is 17.1 Å². The minimum atomic E-state index is 0.657. The van der Waals surface area contributed by atoms with Crippen molar-refractivity contribution in [3.63, 3.8) is 0 Å². The zero-order valence-electron chi connectivity index (χ0n) is 18.6. The number of hydrogen-bond donors (Lipinski definition) is 3. The molecule has 0 amide bonds. The third kappa shape index (κ3) is 3.42. The van der Waals surface area contributed by atoms with Gasteiger partial charge in [-0.25, -0.2) is 0 Å². The molecule has 0 unspecified atom stereocenters. The van der Waals surface area contributed by atoms with Crippen molar-refractivity contribution >= 4 is 46.3 Å². The number of nitrogens with one attached hydrogen (secondary N) is 2. The maximum absolute atomic E-state index is 4.62. The highest BCUT2D eigenvalue weighted by atomic mass is 32.1. The lowest BCUT2D eigenvalue weighted by Gasteiger charge is -2.28. The van der Waals surface area contributed by atoms with Crippen LogP contribution in [0.1, 0.15) is 11.3 Å². The lowest BCUT2D eigenvalue weighted by atomic mass is 10.1. The largest absolute Gasteiger partial charge is 0.335 e. The first-order valence-corrected chi connectivity index (χ1v) is 11.7. The van der Waals surface area contributed by atoms with Crippen LogP contribution in [0.2, 0.25) is 0 Å². The first-order valence-electron chi connectivity index (χ1n) is 11.3. The molecule has 5 heteroatoms. The highest BCUT2D eigenvalue weighted by Crippen LogP contribution is 2.40. The van der Waals surface area contributed by atoms with Crippen molar-refractivity contribution in [2.75, 3.05) is 10.3 Å². The molecule has 0 radical (unpaired) electrons. The molecule has 1 aromatic heterocycles. The molecule has 6 rings (SSSR count). The molecule has 166 valence electrons. The Kier molecular flexibility index (Phi) is 5.04. The van der Waals surface area contributed by atoms with Gasteiger partial charge >= 0.3 is 0 Å². The number of hydrazine groups is 1. The van der Waals surface area contributed by atoms with Crippen molar-refractivity contribution in [1.29, 1.82) is 0 Å². The van der Waals surface area contributed by atoms with Gasteiger partial charge in [-0.3, -0.25) is 5.43 Å². The molecule has 2 heterocycles. The summed E-state index contributed by atoms with van der Waals surface area (Å²) in [6, 6.07) is 35.7. The lowest BCUT2D eigenvalue weighted by molar-refractivity contribution is 0.888. The van der Waals surface area contributed by atoms with Gasteiger partial charge in [0.1, 0.15) is 0 Å². The zero-order valence-corrected chi connectivity index (χ0v) is 19.5. The van der Waals surface area contributed by atoms with Gasteiger partial charge in [0.15, 0.2) is 0 Å². The van der Waals surface area contributed by atoms with Crippen LogP contribution in [0.5, 0.6) is 0 Å². The monoisotopic (exact) mass is 460 g/mol. The molecule has 4 aromatic carbocycles. The van der Waals surface area contributed by atoms with E-state index in [2.05, 4.69) is 118 Å². The van der Waals surface area contributed by atoms with Crippen LogP contribution in [0, 0.1) is 0 Å². The fourth-order valence-electron chi connectivity index (χ4n) is 4.75. The molecule has 5 aromatic rings. The van der Waals surface area contributed by atoms with Crippen molar-refractivity contribution in [3.05, 3.63) is 121 Å². The van der Waals surface area contributed by atoms with Crippen molar-refractivity contribution < 1.29 is 0 Å². The predicted molar refractivity (Wildman–Crippen MR) is 145 cm³/mol. The number of aromatic nitrogens is 1. The Labute approximate surface area is 204 Å². The molecule has 0 bridgehead atoms. The molecule has 4 nitrogen and oxygen atoms in total. The van der Waals surface area contributed by atoms with Crippen LogP contribution < -0.4 is 15.8 Å². The van der Waals surface area contributed by atoms with E-state index in [1.54, 1.807) is 0 Å². The normalized spacial score (nSPS) is 13.2. The standard InChI is InChI=1S/C29H24N4S/c1-20-24-14-5-7-16-26(24)32(21-10-3-2-4-11-21)19-28-29(31-30-20)25-15-6-8-17-27(25)33(28)22-12-9-13-23(34)18-22/h2-18,30-31,34H,1,19H2. The second kappa shape index (κ2) is 8.36. The summed E-state index contributed by atoms with van der Waals surface area (Å²) in [6.07, 6.45) is 0. The molecular weight excluding hydrogens is 436 g/mol. The first-order chi connectivity index (χ1) is 16.7. The smallest absolute Gasteiger partial charge is 0.0850 e. The van der Waals surface area contributed by atoms with Gasteiger partial charge in [-0.2, -0.15) is 0 Å². The van der Waals surface area contributed by atoms with E-state index in [0.717, 1.165) is 55.5 Å². The van der Waals surface area contributed by atoms with Crippen LogP contribution in [0.15, 0.2) is 115 Å². The molecule has 0 atom stereocenters. The van der Waals surface area contributed by atoms with Gasteiger partial charge in [-0.1, -0.05) is 67.2 Å². The van der Waals surface area contributed by atoms with Gasteiger partial charge in [-0.15, -0.1) is 12.6 Å². The molecule has 0 spiro atoms. The maximum atomic E-state index is 4.62. The zero-order chi connectivity index (χ0) is 23.1. The summed E-state index contributed by atoms with van der Waals surface area (Å²) in [5.74, 6) is 0. The summed E-state index contributed by atoms with van der Waals surface area (Å²) < 4.78 is 2.33. The van der Waals surface area contributed by atoms with E-state index < -0.39 is 0 Å². The van der Waals surface area contributed by atoms with E-state index in [4.69, 9.17) is 0 Å². The van der Waals surface area contributed by atoms with Gasteiger partial charge < -0.3 is 14.9 Å². The average Bonchev–Trinajstić information content (AvgIpc) is 3.21. The number of anilines is 3. The van der Waals surface area contributed by atoms with Crippen molar-refractivity contribution in [2.24, 2.45) is 0 Å². The molecule has 2 N–H and O–H groups in total. The second-order valence-electron chi connectivity index (χ2n) is 8.36. The van der Waals surface area contributed by atoms with Crippen molar-refractivity contribution in [2.45, 2.75) is 11.4 Å². The summed E-state index contributed by atoms with van der Waals surface area (Å²) in [7, 11) is 0. The van der Waals surface area contributed by atoms with Gasteiger partial charge in [0.25, 0.3) is 0 Å². The van der Waals surface area contributed by atoms with Crippen LogP contribution >= 0.6 is 12.6 Å². The second-order valence-corrected chi connectivity index (χ2v) is 8.88. The van der Waals surface area contributed by atoms with Crippen LogP contribution in [-0.4, -0.2) is 4.57 Å². The van der Waals surface area contributed by atoms with Crippen molar-refractivity contribution in [3.8, 4) is 5.69 Å². The highest BCUT2D eigenvalue weighted by Gasteiger charge is 2.25. The number of fused-ring (bicyclic) bond motifs is 4. The van der Waals surface area contributed by atoms with Gasteiger partial charge in [0.05, 0.1) is 34.8 Å². The molecule has 0 aliphatic carbocycles. The fraction of sp³-hybridized carbons (Fsp3) is 0.0345. The third-order valence-electron chi connectivity index (χ3n) is 6.29. The van der Waals surface area contributed by atoms with Gasteiger partial charge in [0.2, 0.25) is 0 Å². The fourth-order valence-corrected chi connectivity index (χ4v) is 4.97. The Bertz CT molecular complexity index is 1520. The molecule has 0 saturated heterocycles. The maximum Gasteiger partial charge on any atom is 0.0850 e. The minimum Gasteiger partial charge on any atom is -0.335 e. The van der Waals surface area contributed by atoms with Gasteiger partial charge in [-0.05, 0) is 42.5 Å². The van der Waals surface area contributed by atoms with E-state index >= 15 is 0 Å². The van der Waals surface area contributed by atoms with E-state index in [1.807, 2.05) is 24.3 Å². The number of rotatable bonds is 2. The quantitative estimate of drug-likeness (QED) is 0.244. The first kappa shape index (κ1) is 20.5. The summed E-state index contributed by atoms with van der Waals surface area (Å²) in [4.78, 5) is 3.28. The Hall–Kier alpha value is -4.09. The molecular formula is C29H24N4S. The number of para-hydroxylation sites is 3. The van der Waals surface area contributed by atoms with E-state index in [1.165, 1.54) is 0 Å². The third-order valence-corrected chi connectivity index (χ3v) is 6.57. The SMILES string of the molecule is C=C1NNc2c(n(-c3cccc(S)c3)c3ccccc23)CN(c2ccccc2)c2ccccc21. The summed E-state index contributed by atoms with van der Waals surface area (Å²) in [6.45, 7) is 5.00. The molecule has 0 fully saturated rings. The number of benzene rings is 4. The Balaban J connectivity index is 1.66. The average molecular weight is 461 g/mol. The highest BCUT2D eigenvalue weighted by molar-refractivity contribution is 7.80. The van der Waals surface area contributed by atoms with Crippen LogP contribution in [-0.2, 0) is 6.54 Å². The topological polar surface area (TPSA) is 32.2 Å². The predicted octanol–water partition coefficient (Wildman–Crippen LogP) is 7.16. The van der Waals surface area contributed by atoms with Gasteiger partial charge in [0, 0.05) is 27.2 Å². The van der Waals surface area contributed by atoms with Crippen LogP contribution in [0.3, 0.4) is 0 Å². The summed E-state index contributed by atoms with van der Waals surface area (Å²) >= 11 is 4.62. The lowest BCUT2D eigenvalue weighted by Crippen LogP contribution is -2.20. The van der Waals surface area contributed by atoms with E-state index in [0.29, 0.717) is 6.54 Å². The number of hydrogen-bond acceptors (Lipinski definition) is 4. The Morgan fingerprint density at radius 1 is 0.735 bits per heavy atom. The molecule has 34 heavy (non-hydrogen) atoms. The van der Waals surface area contributed by atoms with Crippen molar-refractivity contribution in [1.82, 2.24) is 9.99 Å². The van der Waals surface area contributed by atoms with E-state index in [9.17, 15) is 0 Å². The number of thiol groups is 1. The molecule has 1 aliphatic heterocycles. The Morgan fingerprint density at radius 3 is 2.32 bits per heavy atom. The van der Waals surface area contributed by atoms with Crippen LogP contribution in [0.25, 0.3) is 22.3 Å². The summed E-state index contributed by atoms with van der Waals surface area (Å²) in [5, 5.41) is 1.14. The summed E-state index contributed by atoms with van der Waals surface area (Å²) in [5.41, 5.74) is 15.4.